The zero-order valence-electron chi connectivity index (χ0n) is 6.81. The van der Waals surface area contributed by atoms with Crippen LogP contribution in [0.2, 0.25) is 0 Å². The molecule has 0 aromatic carbocycles. The molecule has 12 heavy (non-hydrogen) atoms. The van der Waals surface area contributed by atoms with E-state index in [2.05, 4.69) is 4.74 Å². The van der Waals surface area contributed by atoms with Crippen LogP contribution in [-0.2, 0) is 4.74 Å². The van der Waals surface area contributed by atoms with Crippen LogP contribution < -0.4 is 0 Å². The highest BCUT2D eigenvalue weighted by molar-refractivity contribution is 6.61. The summed E-state index contributed by atoms with van der Waals surface area (Å²) in [5.41, 5.74) is -0.738. The molecule has 0 atom stereocenters. The average Bonchev–Trinajstić information content (AvgIpc) is 1.89. The van der Waals surface area contributed by atoms with Crippen LogP contribution in [0.25, 0.3) is 0 Å². The van der Waals surface area contributed by atoms with Crippen molar-refractivity contribution in [3.05, 3.63) is 0 Å². The molecule has 0 rings (SSSR count). The minimum absolute atomic E-state index is 0.194. The summed E-state index contributed by atoms with van der Waals surface area (Å²) >= 11 is 14.2. The van der Waals surface area contributed by atoms with E-state index in [1.54, 1.807) is 13.0 Å². The summed E-state index contributed by atoms with van der Waals surface area (Å²) in [4.78, 5) is 9.59. The predicted octanol–water partition coefficient (Wildman–Crippen LogP) is 3.33. The molecule has 0 heterocycles. The van der Waals surface area contributed by atoms with Crippen molar-refractivity contribution >= 4 is 40.2 Å². The second-order valence-corrected chi connectivity index (χ2v) is 2.11. The van der Waals surface area contributed by atoms with Crippen molar-refractivity contribution in [1.29, 1.82) is 5.26 Å². The van der Waals surface area contributed by atoms with E-state index in [4.69, 9.17) is 40.1 Å². The third kappa shape index (κ3) is 95.7. The minimum Gasteiger partial charge on any atom is -0.454 e. The zero-order valence-corrected chi connectivity index (χ0v) is 9.08. The number of rotatable bonds is 1. The number of carbonyl (C=O) groups is 1. The van der Waals surface area contributed by atoms with Crippen LogP contribution in [-0.4, -0.2) is 17.4 Å². The number of hydrogen-bond donors (Lipinski definition) is 0. The Labute approximate surface area is 87.2 Å². The van der Waals surface area contributed by atoms with Crippen LogP contribution in [0.3, 0.4) is 0 Å². The largest absolute Gasteiger partial charge is 0.454 e. The lowest BCUT2D eigenvalue weighted by Crippen LogP contribution is -1.89. The van der Waals surface area contributed by atoms with Gasteiger partial charge < -0.3 is 4.74 Å². The summed E-state index contributed by atoms with van der Waals surface area (Å²) in [5, 5.41) is 7.51. The van der Waals surface area contributed by atoms with Gasteiger partial charge in [0.05, 0.1) is 18.0 Å². The molecule has 0 aromatic heterocycles. The van der Waals surface area contributed by atoms with Crippen LogP contribution >= 0.6 is 34.8 Å². The molecule has 0 fully saturated rings. The van der Waals surface area contributed by atoms with Crippen LogP contribution in [0.15, 0.2) is 0 Å². The zero-order chi connectivity index (χ0) is 10.4. The Hall–Kier alpha value is -0.170. The van der Waals surface area contributed by atoms with Gasteiger partial charge in [0.1, 0.15) is 0 Å². The van der Waals surface area contributed by atoms with E-state index in [-0.39, 0.29) is 5.34 Å². The predicted molar refractivity (Wildman–Crippen MR) is 50.7 cm³/mol. The maximum atomic E-state index is 9.59. The molecule has 0 bridgehead atoms. The van der Waals surface area contributed by atoms with Gasteiger partial charge in [-0.1, -0.05) is 0 Å². The Kier molecular flexibility index (Phi) is 33.3. The van der Waals surface area contributed by atoms with Gasteiger partial charge in [-0.2, -0.15) is 5.26 Å². The summed E-state index contributed by atoms with van der Waals surface area (Å²) in [5.74, 6) is 0. The van der Waals surface area contributed by atoms with E-state index < -0.39 is 5.43 Å². The van der Waals surface area contributed by atoms with Crippen molar-refractivity contribution < 1.29 is 9.53 Å². The van der Waals surface area contributed by atoms with Gasteiger partial charge >= 0.3 is 5.43 Å². The second-order valence-electron chi connectivity index (χ2n) is 0.995. The lowest BCUT2D eigenvalue weighted by atomic mass is 10.9. The van der Waals surface area contributed by atoms with E-state index in [0.29, 0.717) is 6.61 Å². The molecule has 0 amide bonds. The highest BCUT2D eigenvalue weighted by Crippen LogP contribution is 1.82. The number of hydrogen-bond acceptors (Lipinski definition) is 3. The van der Waals surface area contributed by atoms with Gasteiger partial charge in [-0.05, 0) is 6.92 Å². The van der Waals surface area contributed by atoms with Crippen molar-refractivity contribution in [2.45, 2.75) is 13.8 Å². The van der Waals surface area contributed by atoms with Gasteiger partial charge in [0.15, 0.2) is 0 Å². The molecule has 0 unspecified atom stereocenters. The van der Waals surface area contributed by atoms with E-state index in [1.165, 1.54) is 6.92 Å². The molecule has 0 saturated heterocycles. The van der Waals surface area contributed by atoms with E-state index >= 15 is 0 Å². The number of alkyl halides is 2. The van der Waals surface area contributed by atoms with Gasteiger partial charge in [0.2, 0.25) is 0 Å². The summed E-state index contributed by atoms with van der Waals surface area (Å²) in [7, 11) is 0. The van der Waals surface area contributed by atoms with Gasteiger partial charge in [0.25, 0.3) is 0 Å². The fourth-order valence-electron chi connectivity index (χ4n) is 0.113. The van der Waals surface area contributed by atoms with Gasteiger partial charge in [-0.15, -0.1) is 23.2 Å². The number of carbonyl (C=O) groups excluding carboxylic acids is 1. The Bertz CT molecular complexity index is 124. The number of nitrogens with zero attached hydrogens (tertiary/aromatic N) is 1. The fraction of sp³-hybridized carbons (Fsp3) is 0.667. The third-order valence-electron chi connectivity index (χ3n) is 0.258. The van der Waals surface area contributed by atoms with Gasteiger partial charge in [0, 0.05) is 18.5 Å². The summed E-state index contributed by atoms with van der Waals surface area (Å²) in [6, 6.07) is 1.75. The number of ether oxygens (including phenoxy) is 1. The van der Waals surface area contributed by atoms with Crippen molar-refractivity contribution in [2.75, 3.05) is 11.9 Å². The second kappa shape index (κ2) is 22.4. The smallest absolute Gasteiger partial charge is 0.403 e. The quantitative estimate of drug-likeness (QED) is 0.516. The molecule has 0 N–H and O–H groups in total. The number of halogens is 3. The summed E-state index contributed by atoms with van der Waals surface area (Å²) in [6.45, 7) is 3.47. The Morgan fingerprint density at radius 3 is 1.83 bits per heavy atom. The molecule has 0 saturated carbocycles. The Morgan fingerprint density at radius 2 is 1.83 bits per heavy atom. The van der Waals surface area contributed by atoms with Crippen molar-refractivity contribution in [1.82, 2.24) is 0 Å². The van der Waals surface area contributed by atoms with E-state index in [0.717, 1.165) is 0 Å². The number of nitriles is 1. The lowest BCUT2D eigenvalue weighted by Gasteiger charge is -1.86. The first kappa shape index (κ1) is 17.8. The van der Waals surface area contributed by atoms with Crippen LogP contribution in [0, 0.1) is 11.3 Å². The standard InChI is InChI=1S/C3H5ClO2.C2H3N.CH2Cl2/c1-2-6-3(4)5;1-2-3;2-1-3/h2H2,1H3;1H3;1H2. The molecule has 0 spiro atoms. The first-order chi connectivity index (χ1) is 5.60. The highest BCUT2D eigenvalue weighted by Gasteiger charge is 1.85. The molecule has 0 aromatic rings. The first-order valence-corrected chi connectivity index (χ1v) is 4.30. The molecule has 72 valence electrons. The Morgan fingerprint density at radius 1 is 1.58 bits per heavy atom. The van der Waals surface area contributed by atoms with Gasteiger partial charge in [-0.25, -0.2) is 4.79 Å². The maximum absolute atomic E-state index is 9.59. The van der Waals surface area contributed by atoms with E-state index in [9.17, 15) is 4.79 Å². The third-order valence-corrected chi connectivity index (χ3v) is 0.367. The van der Waals surface area contributed by atoms with Crippen molar-refractivity contribution in [3.8, 4) is 6.07 Å². The van der Waals surface area contributed by atoms with Crippen molar-refractivity contribution in [3.63, 3.8) is 0 Å². The fourth-order valence-corrected chi connectivity index (χ4v) is 0.223. The average molecular weight is 235 g/mol. The van der Waals surface area contributed by atoms with Crippen LogP contribution in [0.4, 0.5) is 4.79 Å². The SMILES string of the molecule is CC#N.CCOC(=O)Cl.ClCCl. The molecule has 0 radical (unpaired) electrons. The van der Waals surface area contributed by atoms with Crippen LogP contribution in [0.5, 0.6) is 0 Å². The summed E-state index contributed by atoms with van der Waals surface area (Å²) in [6.07, 6.45) is 0. The molecule has 6 heteroatoms. The molecule has 0 aliphatic rings. The normalized spacial score (nSPS) is 6.00. The topological polar surface area (TPSA) is 50.1 Å². The molecular weight excluding hydrogens is 224 g/mol. The van der Waals surface area contributed by atoms with E-state index in [1.807, 2.05) is 0 Å². The molecule has 3 nitrogen and oxygen atoms in total. The Balaban J connectivity index is -0.000000115. The lowest BCUT2D eigenvalue weighted by molar-refractivity contribution is 0.180. The van der Waals surface area contributed by atoms with Crippen LogP contribution in [0.1, 0.15) is 13.8 Å². The van der Waals surface area contributed by atoms with Crippen molar-refractivity contribution in [2.24, 2.45) is 0 Å². The summed E-state index contributed by atoms with van der Waals surface area (Å²) < 4.78 is 4.17. The molecule has 0 aliphatic carbocycles. The molecule has 0 aliphatic heterocycles. The minimum atomic E-state index is -0.738. The van der Waals surface area contributed by atoms with Gasteiger partial charge in [-0.3, -0.25) is 0 Å². The first-order valence-electron chi connectivity index (χ1n) is 2.85. The monoisotopic (exact) mass is 233 g/mol. The highest BCUT2D eigenvalue weighted by atomic mass is 35.5. The maximum Gasteiger partial charge on any atom is 0.403 e. The molecular formula is C6H10Cl3NO2.